The summed E-state index contributed by atoms with van der Waals surface area (Å²) in [5.74, 6) is -0.216. The highest BCUT2D eigenvalue weighted by molar-refractivity contribution is 6.05. The van der Waals surface area contributed by atoms with E-state index in [0.29, 0.717) is 0 Å². The SMILES string of the molecule is C=C=CC(=O)Nc1cccc2ccccc12. The molecule has 0 bridgehead atoms. The maximum atomic E-state index is 11.4. The number of rotatable bonds is 2. The fourth-order valence-electron chi connectivity index (χ4n) is 1.60. The zero-order valence-electron chi connectivity index (χ0n) is 8.73. The quantitative estimate of drug-likeness (QED) is 0.597. The molecule has 0 fully saturated rings. The highest BCUT2D eigenvalue weighted by atomic mass is 16.1. The summed E-state index contributed by atoms with van der Waals surface area (Å²) in [6.45, 7) is 3.36. The van der Waals surface area contributed by atoms with Crippen LogP contribution < -0.4 is 5.32 Å². The maximum absolute atomic E-state index is 11.4. The van der Waals surface area contributed by atoms with Crippen molar-refractivity contribution in [3.8, 4) is 0 Å². The van der Waals surface area contributed by atoms with Gasteiger partial charge in [0.1, 0.15) is 0 Å². The van der Waals surface area contributed by atoms with Crippen molar-refractivity contribution in [3.05, 3.63) is 60.9 Å². The zero-order valence-corrected chi connectivity index (χ0v) is 8.73. The van der Waals surface area contributed by atoms with Crippen molar-refractivity contribution in [1.82, 2.24) is 0 Å². The van der Waals surface area contributed by atoms with Gasteiger partial charge in [0.2, 0.25) is 0 Å². The van der Waals surface area contributed by atoms with E-state index < -0.39 is 0 Å². The molecule has 78 valence electrons. The van der Waals surface area contributed by atoms with Crippen molar-refractivity contribution in [2.75, 3.05) is 5.32 Å². The largest absolute Gasteiger partial charge is 0.321 e. The molecule has 0 heterocycles. The van der Waals surface area contributed by atoms with Crippen LogP contribution in [0.3, 0.4) is 0 Å². The van der Waals surface area contributed by atoms with Crippen molar-refractivity contribution in [1.29, 1.82) is 0 Å². The lowest BCUT2D eigenvalue weighted by Gasteiger charge is -2.06. The van der Waals surface area contributed by atoms with E-state index in [1.54, 1.807) is 0 Å². The van der Waals surface area contributed by atoms with Gasteiger partial charge in [0.15, 0.2) is 0 Å². The van der Waals surface area contributed by atoms with E-state index in [9.17, 15) is 4.79 Å². The molecule has 0 saturated heterocycles. The molecule has 0 aliphatic rings. The monoisotopic (exact) mass is 209 g/mol. The lowest BCUT2D eigenvalue weighted by atomic mass is 10.1. The highest BCUT2D eigenvalue weighted by Crippen LogP contribution is 2.22. The minimum absolute atomic E-state index is 0.216. The Bertz CT molecular complexity index is 575. The molecular formula is C14H11NO. The Balaban J connectivity index is 2.44. The van der Waals surface area contributed by atoms with Gasteiger partial charge in [-0.2, -0.15) is 0 Å². The average molecular weight is 209 g/mol. The number of amides is 1. The van der Waals surface area contributed by atoms with Crippen LogP contribution in [0.25, 0.3) is 10.8 Å². The Labute approximate surface area is 93.9 Å². The Morgan fingerprint density at radius 2 is 1.94 bits per heavy atom. The first-order chi connectivity index (χ1) is 7.81. The predicted molar refractivity (Wildman–Crippen MR) is 66.3 cm³/mol. The van der Waals surface area contributed by atoms with Gasteiger partial charge in [-0.05, 0) is 11.5 Å². The first-order valence-electron chi connectivity index (χ1n) is 4.96. The fourth-order valence-corrected chi connectivity index (χ4v) is 1.60. The third-order valence-electron chi connectivity index (χ3n) is 2.28. The smallest absolute Gasteiger partial charge is 0.256 e. The van der Waals surface area contributed by atoms with Crippen molar-refractivity contribution in [3.63, 3.8) is 0 Å². The van der Waals surface area contributed by atoms with Crippen molar-refractivity contribution < 1.29 is 4.79 Å². The molecule has 16 heavy (non-hydrogen) atoms. The maximum Gasteiger partial charge on any atom is 0.256 e. The van der Waals surface area contributed by atoms with Crippen LogP contribution in [0, 0.1) is 0 Å². The number of hydrogen-bond donors (Lipinski definition) is 1. The van der Waals surface area contributed by atoms with E-state index in [4.69, 9.17) is 0 Å². The van der Waals surface area contributed by atoms with E-state index in [0.717, 1.165) is 16.5 Å². The molecule has 0 unspecified atom stereocenters. The molecule has 0 radical (unpaired) electrons. The second kappa shape index (κ2) is 4.47. The van der Waals surface area contributed by atoms with E-state index in [-0.39, 0.29) is 5.91 Å². The van der Waals surface area contributed by atoms with E-state index in [1.165, 1.54) is 6.08 Å². The number of carbonyl (C=O) groups excluding carboxylic acids is 1. The summed E-state index contributed by atoms with van der Waals surface area (Å²) in [6, 6.07) is 13.7. The minimum atomic E-state index is -0.216. The van der Waals surface area contributed by atoms with Gasteiger partial charge in [-0.15, -0.1) is 5.73 Å². The molecule has 2 heteroatoms. The van der Waals surface area contributed by atoms with Crippen LogP contribution in [0.4, 0.5) is 5.69 Å². The van der Waals surface area contributed by atoms with Gasteiger partial charge in [0.05, 0.1) is 0 Å². The molecule has 2 aromatic rings. The Morgan fingerprint density at radius 1 is 1.19 bits per heavy atom. The van der Waals surface area contributed by atoms with Gasteiger partial charge >= 0.3 is 0 Å². The van der Waals surface area contributed by atoms with E-state index >= 15 is 0 Å². The molecule has 0 atom stereocenters. The average Bonchev–Trinajstić information content (AvgIpc) is 2.30. The molecule has 2 nitrogen and oxygen atoms in total. The number of fused-ring (bicyclic) bond motifs is 1. The first-order valence-corrected chi connectivity index (χ1v) is 4.96. The molecule has 0 aliphatic carbocycles. The van der Waals surface area contributed by atoms with Crippen LogP contribution in [0.1, 0.15) is 0 Å². The van der Waals surface area contributed by atoms with Crippen LogP contribution >= 0.6 is 0 Å². The van der Waals surface area contributed by atoms with Gasteiger partial charge < -0.3 is 5.32 Å². The van der Waals surface area contributed by atoms with Crippen LogP contribution in [-0.2, 0) is 4.79 Å². The molecule has 0 spiro atoms. The number of hydrogen-bond acceptors (Lipinski definition) is 1. The number of carbonyl (C=O) groups is 1. The van der Waals surface area contributed by atoms with E-state index in [2.05, 4.69) is 17.6 Å². The number of anilines is 1. The summed E-state index contributed by atoms with van der Waals surface area (Å²) in [7, 11) is 0. The second-order valence-corrected chi connectivity index (χ2v) is 3.36. The van der Waals surface area contributed by atoms with Gasteiger partial charge in [-0.25, -0.2) is 0 Å². The standard InChI is InChI=1S/C14H11NO/c1-2-6-14(16)15-13-10-5-8-11-7-3-4-9-12(11)13/h3-10H,1H2,(H,15,16). The van der Waals surface area contributed by atoms with Crippen molar-refractivity contribution >= 4 is 22.4 Å². The Kier molecular flexibility index (Phi) is 2.86. The molecular weight excluding hydrogens is 198 g/mol. The van der Waals surface area contributed by atoms with Crippen LogP contribution in [0.2, 0.25) is 0 Å². The fraction of sp³-hybridized carbons (Fsp3) is 0. The summed E-state index contributed by atoms with van der Waals surface area (Å²) in [5, 5.41) is 4.91. The number of nitrogens with one attached hydrogen (secondary N) is 1. The normalized spacial score (nSPS) is 9.50. The minimum Gasteiger partial charge on any atom is -0.321 e. The first kappa shape index (κ1) is 10.2. The zero-order chi connectivity index (χ0) is 11.4. The molecule has 2 aromatic carbocycles. The van der Waals surface area contributed by atoms with Crippen LogP contribution in [-0.4, -0.2) is 5.91 Å². The summed E-state index contributed by atoms with van der Waals surface area (Å²) in [5.41, 5.74) is 3.25. The van der Waals surface area contributed by atoms with Gasteiger partial charge in [0, 0.05) is 17.1 Å². The molecule has 0 aliphatic heterocycles. The van der Waals surface area contributed by atoms with Crippen LogP contribution in [0.15, 0.2) is 60.9 Å². The summed E-state index contributed by atoms with van der Waals surface area (Å²) in [4.78, 5) is 11.4. The molecule has 0 saturated carbocycles. The molecule has 1 N–H and O–H groups in total. The molecule has 0 aromatic heterocycles. The van der Waals surface area contributed by atoms with Gasteiger partial charge in [-0.1, -0.05) is 43.0 Å². The van der Waals surface area contributed by atoms with Gasteiger partial charge in [-0.3, -0.25) is 4.79 Å². The summed E-state index contributed by atoms with van der Waals surface area (Å²) < 4.78 is 0. The summed E-state index contributed by atoms with van der Waals surface area (Å²) in [6.07, 6.45) is 1.28. The predicted octanol–water partition coefficient (Wildman–Crippen LogP) is 3.12. The Morgan fingerprint density at radius 3 is 2.75 bits per heavy atom. The van der Waals surface area contributed by atoms with Gasteiger partial charge in [0.25, 0.3) is 5.91 Å². The molecule has 1 amide bonds. The van der Waals surface area contributed by atoms with E-state index in [1.807, 2.05) is 42.5 Å². The second-order valence-electron chi connectivity index (χ2n) is 3.36. The lowest BCUT2D eigenvalue weighted by Crippen LogP contribution is -2.07. The molecule has 2 rings (SSSR count). The lowest BCUT2D eigenvalue weighted by molar-refractivity contribution is -0.111. The summed E-state index contributed by atoms with van der Waals surface area (Å²) >= 11 is 0. The number of benzene rings is 2. The topological polar surface area (TPSA) is 29.1 Å². The third kappa shape index (κ3) is 2.02. The van der Waals surface area contributed by atoms with Crippen molar-refractivity contribution in [2.45, 2.75) is 0 Å². The van der Waals surface area contributed by atoms with Crippen LogP contribution in [0.5, 0.6) is 0 Å². The highest BCUT2D eigenvalue weighted by Gasteiger charge is 2.01. The Hall–Kier alpha value is -2.31. The van der Waals surface area contributed by atoms with Crippen molar-refractivity contribution in [2.24, 2.45) is 0 Å². The third-order valence-corrected chi connectivity index (χ3v) is 2.28.